The fourth-order valence-electron chi connectivity index (χ4n) is 2.21. The summed E-state index contributed by atoms with van der Waals surface area (Å²) in [5, 5.41) is 13.4. The van der Waals surface area contributed by atoms with Gasteiger partial charge in [-0.1, -0.05) is 44.2 Å². The van der Waals surface area contributed by atoms with Crippen LogP contribution in [0.3, 0.4) is 0 Å². The van der Waals surface area contributed by atoms with E-state index < -0.39 is 32.0 Å². The highest BCUT2D eigenvalue weighted by Crippen LogP contribution is 2.37. The molecule has 1 amide bonds. The lowest BCUT2D eigenvalue weighted by molar-refractivity contribution is -0.138. The molecule has 0 fully saturated rings. The number of amides is 1. The molecule has 0 aliphatic rings. The Labute approximate surface area is 142 Å². The summed E-state index contributed by atoms with van der Waals surface area (Å²) in [7, 11) is -3.73. The molecule has 0 radical (unpaired) electrons. The zero-order valence-corrected chi connectivity index (χ0v) is 14.8. The second-order valence-electron chi connectivity index (χ2n) is 6.08. The Morgan fingerprint density at radius 1 is 1.21 bits per heavy atom. The predicted octanol–water partition coefficient (Wildman–Crippen LogP) is 1.62. The number of nitrogens with one attached hydrogen (secondary N) is 2. The number of hydrogen-bond acceptors (Lipinski definition) is 3. The second-order valence-corrected chi connectivity index (χ2v) is 8.19. The molecule has 4 N–H and O–H groups in total. The Morgan fingerprint density at radius 3 is 2.38 bits per heavy atom. The molecule has 0 aliphatic carbocycles. The molecule has 0 bridgehead atoms. The third-order valence-corrected chi connectivity index (χ3v) is 4.89. The normalized spacial score (nSPS) is 14.8. The van der Waals surface area contributed by atoms with Crippen LogP contribution in [-0.4, -0.2) is 40.6 Å². The van der Waals surface area contributed by atoms with Gasteiger partial charge in [-0.2, -0.15) is 0 Å². The lowest BCUT2D eigenvalue weighted by Crippen LogP contribution is -2.45. The number of carboxylic acid groups (broad SMARTS) is 1. The minimum atomic E-state index is -3.73. The zero-order chi connectivity index (χ0) is 18.2. The molecule has 24 heavy (non-hydrogen) atoms. The fraction of sp³-hybridized carbons (Fsp3) is 0.500. The van der Waals surface area contributed by atoms with Gasteiger partial charge in [-0.25, -0.2) is 5.09 Å². The molecule has 0 saturated heterocycles. The largest absolute Gasteiger partial charge is 0.480 e. The van der Waals surface area contributed by atoms with Gasteiger partial charge in [-0.15, -0.1) is 0 Å². The van der Waals surface area contributed by atoms with Crippen LogP contribution in [0, 0.1) is 5.92 Å². The molecule has 0 saturated carbocycles. The van der Waals surface area contributed by atoms with Crippen molar-refractivity contribution in [3.63, 3.8) is 0 Å². The average Bonchev–Trinajstić information content (AvgIpc) is 2.50. The van der Waals surface area contributed by atoms with Crippen LogP contribution < -0.4 is 10.4 Å². The Bertz CT molecular complexity index is 591. The smallest absolute Gasteiger partial charge is 0.322 e. The zero-order valence-electron chi connectivity index (χ0n) is 13.9. The minimum absolute atomic E-state index is 0.00216. The number of carbonyl (C=O) groups is 2. The van der Waals surface area contributed by atoms with E-state index in [9.17, 15) is 19.0 Å². The van der Waals surface area contributed by atoms with Gasteiger partial charge in [-0.05, 0) is 24.3 Å². The van der Waals surface area contributed by atoms with Gasteiger partial charge in [0.25, 0.3) is 7.52 Å². The van der Waals surface area contributed by atoms with E-state index in [-0.39, 0.29) is 12.1 Å². The Kier molecular flexibility index (Phi) is 8.11. The molecule has 2 atom stereocenters. The van der Waals surface area contributed by atoms with Crippen molar-refractivity contribution < 1.29 is 24.2 Å². The first kappa shape index (κ1) is 20.4. The molecule has 1 rings (SSSR count). The highest BCUT2D eigenvalue weighted by molar-refractivity contribution is 7.55. The van der Waals surface area contributed by atoms with Gasteiger partial charge in [0.15, 0.2) is 0 Å². The summed E-state index contributed by atoms with van der Waals surface area (Å²) < 4.78 is 12.4. The predicted molar refractivity (Wildman–Crippen MR) is 91.9 cm³/mol. The van der Waals surface area contributed by atoms with Crippen LogP contribution in [0.15, 0.2) is 30.3 Å². The van der Waals surface area contributed by atoms with E-state index >= 15 is 0 Å². The molecular weight excluding hydrogens is 331 g/mol. The standard InChI is InChI=1S/C16H25N2O5P/c1-12(2)10-14(16(21)17-11-15(19)20)18-24(22,23)9-8-13-6-4-3-5-7-13/h3-7,12,14H,8-11H2,1-2H3,(H,17,21)(H,19,20)(H2,18,22,23). The van der Waals surface area contributed by atoms with Crippen LogP contribution in [0.25, 0.3) is 0 Å². The van der Waals surface area contributed by atoms with E-state index in [4.69, 9.17) is 5.11 Å². The van der Waals surface area contributed by atoms with Gasteiger partial charge < -0.3 is 15.3 Å². The molecule has 8 heteroatoms. The number of hydrogen-bond donors (Lipinski definition) is 4. The maximum Gasteiger partial charge on any atom is 0.322 e. The van der Waals surface area contributed by atoms with Gasteiger partial charge in [0, 0.05) is 6.16 Å². The van der Waals surface area contributed by atoms with E-state index in [0.717, 1.165) is 5.56 Å². The molecule has 134 valence electrons. The van der Waals surface area contributed by atoms with E-state index in [1.54, 1.807) is 0 Å². The molecule has 7 nitrogen and oxygen atoms in total. The summed E-state index contributed by atoms with van der Waals surface area (Å²) >= 11 is 0. The average molecular weight is 356 g/mol. The molecule has 2 unspecified atom stereocenters. The summed E-state index contributed by atoms with van der Waals surface area (Å²) in [5.74, 6) is -1.64. The minimum Gasteiger partial charge on any atom is -0.480 e. The van der Waals surface area contributed by atoms with Crippen molar-refractivity contribution in [3.8, 4) is 0 Å². The van der Waals surface area contributed by atoms with Crippen molar-refractivity contribution >= 4 is 19.4 Å². The Morgan fingerprint density at radius 2 is 1.83 bits per heavy atom. The summed E-state index contributed by atoms with van der Waals surface area (Å²) in [6, 6.07) is 8.40. The molecule has 0 aromatic heterocycles. The van der Waals surface area contributed by atoms with Gasteiger partial charge in [0.2, 0.25) is 5.91 Å². The number of carbonyl (C=O) groups excluding carboxylic acids is 1. The molecule has 0 heterocycles. The number of aliphatic carboxylic acids is 1. The lowest BCUT2D eigenvalue weighted by Gasteiger charge is -2.23. The summed E-state index contributed by atoms with van der Waals surface area (Å²) in [6.45, 7) is 3.24. The van der Waals surface area contributed by atoms with Gasteiger partial charge in [0.05, 0.1) is 6.04 Å². The molecule has 1 aromatic rings. The second kappa shape index (κ2) is 9.57. The van der Waals surface area contributed by atoms with E-state index in [2.05, 4.69) is 10.4 Å². The summed E-state index contributed by atoms with van der Waals surface area (Å²) in [5.41, 5.74) is 0.935. The van der Waals surface area contributed by atoms with Crippen LogP contribution in [-0.2, 0) is 20.6 Å². The fourth-order valence-corrected chi connectivity index (χ4v) is 3.61. The first-order valence-electron chi connectivity index (χ1n) is 7.82. The molecular formula is C16H25N2O5P. The first-order chi connectivity index (χ1) is 11.2. The first-order valence-corrected chi connectivity index (χ1v) is 9.67. The van der Waals surface area contributed by atoms with E-state index in [1.165, 1.54) is 0 Å². The van der Waals surface area contributed by atoms with Crippen LogP contribution in [0.2, 0.25) is 0 Å². The van der Waals surface area contributed by atoms with Crippen molar-refractivity contribution in [1.82, 2.24) is 10.4 Å². The van der Waals surface area contributed by atoms with Crippen LogP contribution in [0.5, 0.6) is 0 Å². The third kappa shape index (κ3) is 8.24. The van der Waals surface area contributed by atoms with Crippen molar-refractivity contribution in [2.24, 2.45) is 5.92 Å². The number of benzene rings is 1. The monoisotopic (exact) mass is 356 g/mol. The SMILES string of the molecule is CC(C)CC(NP(=O)(O)CCc1ccccc1)C(=O)NCC(=O)O. The molecule has 0 spiro atoms. The third-order valence-electron chi connectivity index (χ3n) is 3.34. The highest BCUT2D eigenvalue weighted by Gasteiger charge is 2.28. The van der Waals surface area contributed by atoms with Crippen LogP contribution in [0.1, 0.15) is 25.8 Å². The number of aryl methyl sites for hydroxylation is 1. The summed E-state index contributed by atoms with van der Waals surface area (Å²) in [4.78, 5) is 32.8. The lowest BCUT2D eigenvalue weighted by atomic mass is 10.0. The maximum absolute atomic E-state index is 12.4. The van der Waals surface area contributed by atoms with Crippen molar-refractivity contribution in [1.29, 1.82) is 0 Å². The van der Waals surface area contributed by atoms with Gasteiger partial charge in [-0.3, -0.25) is 14.2 Å². The molecule has 1 aromatic carbocycles. The maximum atomic E-state index is 12.4. The van der Waals surface area contributed by atoms with Gasteiger partial charge >= 0.3 is 5.97 Å². The van der Waals surface area contributed by atoms with Crippen molar-refractivity contribution in [2.75, 3.05) is 12.7 Å². The Balaban J connectivity index is 2.66. The van der Waals surface area contributed by atoms with Crippen molar-refractivity contribution in [3.05, 3.63) is 35.9 Å². The topological polar surface area (TPSA) is 116 Å². The molecule has 0 aliphatic heterocycles. The van der Waals surface area contributed by atoms with E-state index in [0.29, 0.717) is 12.8 Å². The summed E-state index contributed by atoms with van der Waals surface area (Å²) in [6.07, 6.45) is 0.742. The quantitative estimate of drug-likeness (QED) is 0.474. The van der Waals surface area contributed by atoms with Crippen LogP contribution >= 0.6 is 7.52 Å². The van der Waals surface area contributed by atoms with Gasteiger partial charge in [0.1, 0.15) is 6.54 Å². The highest BCUT2D eigenvalue weighted by atomic mass is 31.2. The Hall–Kier alpha value is -1.69. The number of rotatable bonds is 10. The van der Waals surface area contributed by atoms with Crippen LogP contribution in [0.4, 0.5) is 0 Å². The van der Waals surface area contributed by atoms with Crippen molar-refractivity contribution in [2.45, 2.75) is 32.7 Å². The number of carboxylic acids is 1. The van der Waals surface area contributed by atoms with E-state index in [1.807, 2.05) is 44.2 Å².